The third-order valence-corrected chi connectivity index (χ3v) is 4.36. The van der Waals surface area contributed by atoms with E-state index in [1.807, 2.05) is 18.2 Å². The average Bonchev–Trinajstić information content (AvgIpc) is 2.55. The second kappa shape index (κ2) is 6.70. The number of anilines is 1. The fourth-order valence-corrected chi connectivity index (χ4v) is 3.24. The fourth-order valence-electron chi connectivity index (χ4n) is 3.24. The lowest BCUT2D eigenvalue weighted by molar-refractivity contribution is -0.385. The zero-order valence-electron chi connectivity index (χ0n) is 13.2. The fraction of sp³-hybridized carbons (Fsp3) is 0.278. The van der Waals surface area contributed by atoms with E-state index in [-0.39, 0.29) is 24.1 Å². The van der Waals surface area contributed by atoms with Crippen molar-refractivity contribution in [3.8, 4) is 0 Å². The average molecular weight is 325 g/mol. The van der Waals surface area contributed by atoms with E-state index in [0.717, 1.165) is 36.1 Å². The molecular weight excluding hydrogens is 306 g/mol. The van der Waals surface area contributed by atoms with Crippen molar-refractivity contribution in [1.82, 2.24) is 5.32 Å². The molecule has 0 bridgehead atoms. The molecule has 0 saturated heterocycles. The Kier molecular flexibility index (Phi) is 4.46. The van der Waals surface area contributed by atoms with Crippen LogP contribution >= 0.6 is 0 Å². The van der Waals surface area contributed by atoms with Gasteiger partial charge in [0.15, 0.2) is 0 Å². The van der Waals surface area contributed by atoms with E-state index in [4.69, 9.17) is 5.73 Å². The Morgan fingerprint density at radius 3 is 2.88 bits per heavy atom. The Balaban J connectivity index is 1.74. The minimum absolute atomic E-state index is 0.00202. The lowest BCUT2D eigenvalue weighted by Gasteiger charge is -2.26. The van der Waals surface area contributed by atoms with Gasteiger partial charge in [-0.25, -0.2) is 0 Å². The van der Waals surface area contributed by atoms with Crippen molar-refractivity contribution in [2.24, 2.45) is 0 Å². The second-order valence-corrected chi connectivity index (χ2v) is 6.03. The summed E-state index contributed by atoms with van der Waals surface area (Å²) in [6.07, 6.45) is 2.79. The summed E-state index contributed by atoms with van der Waals surface area (Å²) in [7, 11) is 0. The first-order valence-corrected chi connectivity index (χ1v) is 7.94. The van der Waals surface area contributed by atoms with Crippen LogP contribution in [0.25, 0.3) is 0 Å². The molecular formula is C18H19N3O3. The van der Waals surface area contributed by atoms with Crippen LogP contribution in [0.4, 0.5) is 11.4 Å². The van der Waals surface area contributed by atoms with Crippen LogP contribution in [0.15, 0.2) is 42.5 Å². The molecule has 3 N–H and O–H groups in total. The van der Waals surface area contributed by atoms with Gasteiger partial charge in [-0.2, -0.15) is 0 Å². The van der Waals surface area contributed by atoms with Crippen LogP contribution < -0.4 is 11.1 Å². The van der Waals surface area contributed by atoms with Gasteiger partial charge in [0.25, 0.3) is 5.69 Å². The largest absolute Gasteiger partial charge is 0.399 e. The summed E-state index contributed by atoms with van der Waals surface area (Å²) in [4.78, 5) is 23.0. The summed E-state index contributed by atoms with van der Waals surface area (Å²) in [5.41, 5.74) is 9.20. The molecule has 0 fully saturated rings. The molecule has 1 atom stereocenters. The highest BCUT2D eigenvalue weighted by molar-refractivity contribution is 5.80. The first kappa shape index (κ1) is 16.0. The summed E-state index contributed by atoms with van der Waals surface area (Å²) in [6.45, 7) is 0. The lowest BCUT2D eigenvalue weighted by Crippen LogP contribution is -2.32. The molecule has 2 aromatic carbocycles. The molecule has 0 aromatic heterocycles. The molecule has 24 heavy (non-hydrogen) atoms. The maximum atomic E-state index is 12.4. The zero-order chi connectivity index (χ0) is 17.1. The van der Waals surface area contributed by atoms with E-state index < -0.39 is 4.92 Å². The summed E-state index contributed by atoms with van der Waals surface area (Å²) >= 11 is 0. The molecule has 0 saturated carbocycles. The molecule has 124 valence electrons. The Hall–Kier alpha value is -2.89. The SMILES string of the molecule is Nc1ccc2c(c1)CCCC2NC(=O)Cc1ccccc1[N+](=O)[O-]. The number of benzene rings is 2. The topological polar surface area (TPSA) is 98.3 Å². The van der Waals surface area contributed by atoms with Gasteiger partial charge in [-0.05, 0) is 42.5 Å². The highest BCUT2D eigenvalue weighted by atomic mass is 16.6. The minimum atomic E-state index is -0.457. The smallest absolute Gasteiger partial charge is 0.273 e. The number of nitrogen functional groups attached to an aromatic ring is 1. The molecule has 0 aliphatic heterocycles. The van der Waals surface area contributed by atoms with Crippen LogP contribution in [0, 0.1) is 10.1 Å². The Morgan fingerprint density at radius 1 is 1.29 bits per heavy atom. The first-order chi connectivity index (χ1) is 11.5. The number of carbonyl (C=O) groups is 1. The number of nitrogens with two attached hydrogens (primary N) is 1. The molecule has 1 unspecified atom stereocenters. The van der Waals surface area contributed by atoms with Gasteiger partial charge in [0.2, 0.25) is 5.91 Å². The third kappa shape index (κ3) is 3.37. The second-order valence-electron chi connectivity index (χ2n) is 6.03. The minimum Gasteiger partial charge on any atom is -0.399 e. The number of hydrogen-bond acceptors (Lipinski definition) is 4. The molecule has 0 heterocycles. The van der Waals surface area contributed by atoms with E-state index in [2.05, 4.69) is 5.32 Å². The van der Waals surface area contributed by atoms with Gasteiger partial charge >= 0.3 is 0 Å². The molecule has 1 amide bonds. The van der Waals surface area contributed by atoms with Crippen LogP contribution in [-0.2, 0) is 17.6 Å². The maximum Gasteiger partial charge on any atom is 0.273 e. The van der Waals surface area contributed by atoms with E-state index >= 15 is 0 Å². The van der Waals surface area contributed by atoms with E-state index in [0.29, 0.717) is 5.56 Å². The number of nitrogens with zero attached hydrogens (tertiary/aromatic N) is 1. The molecule has 0 radical (unpaired) electrons. The standard InChI is InChI=1S/C18H19N3O3/c19-14-8-9-15-12(10-14)5-3-6-16(15)20-18(22)11-13-4-1-2-7-17(13)21(23)24/h1-2,4,7-10,16H,3,5-6,11,19H2,(H,20,22). The number of hydrogen-bond donors (Lipinski definition) is 2. The Morgan fingerprint density at radius 2 is 2.08 bits per heavy atom. The molecule has 6 heteroatoms. The van der Waals surface area contributed by atoms with Crippen LogP contribution in [-0.4, -0.2) is 10.8 Å². The number of aryl methyl sites for hydroxylation is 1. The Bertz CT molecular complexity index is 789. The van der Waals surface area contributed by atoms with Gasteiger partial charge in [-0.3, -0.25) is 14.9 Å². The number of rotatable bonds is 4. The van der Waals surface area contributed by atoms with Crippen molar-refractivity contribution in [1.29, 1.82) is 0 Å². The van der Waals surface area contributed by atoms with Crippen molar-refractivity contribution in [3.63, 3.8) is 0 Å². The molecule has 6 nitrogen and oxygen atoms in total. The Labute approximate surface area is 139 Å². The van der Waals surface area contributed by atoms with Crippen molar-refractivity contribution < 1.29 is 9.72 Å². The summed E-state index contributed by atoms with van der Waals surface area (Å²) in [6, 6.07) is 12.0. The monoisotopic (exact) mass is 325 g/mol. The van der Waals surface area contributed by atoms with E-state index in [1.54, 1.807) is 18.2 Å². The zero-order valence-corrected chi connectivity index (χ0v) is 13.2. The van der Waals surface area contributed by atoms with Gasteiger partial charge in [0.05, 0.1) is 17.4 Å². The van der Waals surface area contributed by atoms with E-state index in [9.17, 15) is 14.9 Å². The molecule has 1 aliphatic rings. The summed E-state index contributed by atoms with van der Waals surface area (Å²) in [5, 5.41) is 14.1. The van der Waals surface area contributed by atoms with Gasteiger partial charge in [-0.1, -0.05) is 24.3 Å². The highest BCUT2D eigenvalue weighted by Gasteiger charge is 2.23. The predicted molar refractivity (Wildman–Crippen MR) is 91.5 cm³/mol. The van der Waals surface area contributed by atoms with Crippen LogP contribution in [0.2, 0.25) is 0 Å². The number of nitro benzene ring substituents is 1. The first-order valence-electron chi connectivity index (χ1n) is 7.94. The normalized spacial score (nSPS) is 16.2. The summed E-state index contributed by atoms with van der Waals surface area (Å²) in [5.74, 6) is -0.209. The predicted octanol–water partition coefficient (Wildman–Crippen LogP) is 2.91. The number of nitro groups is 1. The number of para-hydroxylation sites is 1. The summed E-state index contributed by atoms with van der Waals surface area (Å²) < 4.78 is 0. The number of carbonyl (C=O) groups excluding carboxylic acids is 1. The molecule has 1 aliphatic carbocycles. The van der Waals surface area contributed by atoms with Gasteiger partial charge in [-0.15, -0.1) is 0 Å². The van der Waals surface area contributed by atoms with Crippen molar-refractivity contribution in [2.45, 2.75) is 31.7 Å². The lowest BCUT2D eigenvalue weighted by atomic mass is 9.87. The molecule has 2 aromatic rings. The number of amides is 1. The van der Waals surface area contributed by atoms with Crippen molar-refractivity contribution >= 4 is 17.3 Å². The van der Waals surface area contributed by atoms with Crippen molar-refractivity contribution in [3.05, 3.63) is 69.3 Å². The molecule has 3 rings (SSSR count). The highest BCUT2D eigenvalue weighted by Crippen LogP contribution is 2.31. The van der Waals surface area contributed by atoms with E-state index in [1.165, 1.54) is 6.07 Å². The van der Waals surface area contributed by atoms with Gasteiger partial charge < -0.3 is 11.1 Å². The maximum absolute atomic E-state index is 12.4. The number of fused-ring (bicyclic) bond motifs is 1. The van der Waals surface area contributed by atoms with Gasteiger partial charge in [0, 0.05) is 17.3 Å². The van der Waals surface area contributed by atoms with Crippen LogP contribution in [0.3, 0.4) is 0 Å². The number of nitrogens with one attached hydrogen (secondary N) is 1. The quantitative estimate of drug-likeness (QED) is 0.513. The van der Waals surface area contributed by atoms with Crippen LogP contribution in [0.1, 0.15) is 35.6 Å². The van der Waals surface area contributed by atoms with Crippen molar-refractivity contribution in [2.75, 3.05) is 5.73 Å². The molecule has 0 spiro atoms. The third-order valence-electron chi connectivity index (χ3n) is 4.36. The van der Waals surface area contributed by atoms with Crippen LogP contribution in [0.5, 0.6) is 0 Å². The van der Waals surface area contributed by atoms with Gasteiger partial charge in [0.1, 0.15) is 0 Å².